The van der Waals surface area contributed by atoms with Crippen LogP contribution in [-0.4, -0.2) is 48.7 Å². The molecule has 0 amide bonds. The first kappa shape index (κ1) is 16.1. The minimum absolute atomic E-state index is 0.333. The zero-order valence-electron chi connectivity index (χ0n) is 13.6. The number of rotatable bonds is 6. The number of likely N-dealkylation sites (N-methyl/N-ethyl adjacent to an activating group) is 1. The molecule has 0 aliphatic carbocycles. The molecule has 0 aliphatic heterocycles. The van der Waals surface area contributed by atoms with Crippen molar-refractivity contribution in [3.8, 4) is 0 Å². The summed E-state index contributed by atoms with van der Waals surface area (Å²) in [5.41, 5.74) is 1.27. The Morgan fingerprint density at radius 2 is 2.05 bits per heavy atom. The molecule has 0 radical (unpaired) electrons. The van der Waals surface area contributed by atoms with Crippen LogP contribution in [0.5, 0.6) is 0 Å². The Bertz CT molecular complexity index is 626. The van der Waals surface area contributed by atoms with Crippen molar-refractivity contribution in [1.29, 1.82) is 0 Å². The van der Waals surface area contributed by atoms with Crippen molar-refractivity contribution in [2.24, 2.45) is 0 Å². The first-order valence-corrected chi connectivity index (χ1v) is 7.93. The van der Waals surface area contributed by atoms with Gasteiger partial charge in [0.15, 0.2) is 0 Å². The van der Waals surface area contributed by atoms with Crippen molar-refractivity contribution in [3.05, 3.63) is 16.3 Å². The maximum Gasteiger partial charge on any atom is 0.146 e. The van der Waals surface area contributed by atoms with Crippen molar-refractivity contribution in [2.75, 3.05) is 33.1 Å². The molecular formula is C15H24N4OS. The molecule has 1 unspecified atom stereocenters. The molecule has 2 rings (SSSR count). The van der Waals surface area contributed by atoms with Crippen molar-refractivity contribution in [1.82, 2.24) is 14.9 Å². The Morgan fingerprint density at radius 1 is 1.33 bits per heavy atom. The molecule has 116 valence electrons. The van der Waals surface area contributed by atoms with Gasteiger partial charge in [-0.05, 0) is 33.4 Å². The standard InChI is InChI=1S/C15H24N4OS/c1-9(8-20-6)19(5)7-12-17-14(16-4)13-10(2)11(3)21-15(13)18-12/h9H,7-8H2,1-6H3,(H,16,17,18). The summed E-state index contributed by atoms with van der Waals surface area (Å²) in [6.45, 7) is 7.82. The van der Waals surface area contributed by atoms with Crippen LogP contribution in [0, 0.1) is 13.8 Å². The third-order valence-electron chi connectivity index (χ3n) is 3.86. The van der Waals surface area contributed by atoms with E-state index in [1.165, 1.54) is 10.4 Å². The molecule has 1 N–H and O–H groups in total. The lowest BCUT2D eigenvalue weighted by Gasteiger charge is -2.23. The molecule has 0 bridgehead atoms. The summed E-state index contributed by atoms with van der Waals surface area (Å²) in [7, 11) is 5.71. The lowest BCUT2D eigenvalue weighted by atomic mass is 10.2. The first-order valence-electron chi connectivity index (χ1n) is 7.11. The van der Waals surface area contributed by atoms with Crippen LogP contribution in [-0.2, 0) is 11.3 Å². The van der Waals surface area contributed by atoms with Gasteiger partial charge in [-0.25, -0.2) is 9.97 Å². The molecular weight excluding hydrogens is 284 g/mol. The molecule has 0 fully saturated rings. The Kier molecular flexibility index (Phi) is 5.13. The van der Waals surface area contributed by atoms with Crippen LogP contribution in [0.1, 0.15) is 23.2 Å². The predicted molar refractivity (Wildman–Crippen MR) is 89.2 cm³/mol. The zero-order chi connectivity index (χ0) is 15.6. The minimum Gasteiger partial charge on any atom is -0.383 e. The van der Waals surface area contributed by atoms with Gasteiger partial charge in [0, 0.05) is 25.1 Å². The van der Waals surface area contributed by atoms with Gasteiger partial charge in [0.05, 0.1) is 18.5 Å². The van der Waals surface area contributed by atoms with E-state index in [0.29, 0.717) is 19.2 Å². The average Bonchev–Trinajstić information content (AvgIpc) is 2.73. The smallest absolute Gasteiger partial charge is 0.146 e. The van der Waals surface area contributed by atoms with E-state index >= 15 is 0 Å². The van der Waals surface area contributed by atoms with Crippen molar-refractivity contribution in [3.63, 3.8) is 0 Å². The Balaban J connectivity index is 2.33. The van der Waals surface area contributed by atoms with Gasteiger partial charge in [-0.3, -0.25) is 4.90 Å². The number of fused-ring (bicyclic) bond motifs is 1. The fraction of sp³-hybridized carbons (Fsp3) is 0.600. The van der Waals surface area contributed by atoms with E-state index < -0.39 is 0 Å². The lowest BCUT2D eigenvalue weighted by molar-refractivity contribution is 0.110. The highest BCUT2D eigenvalue weighted by atomic mass is 32.1. The van der Waals surface area contributed by atoms with Crippen LogP contribution >= 0.6 is 11.3 Å². The highest BCUT2D eigenvalue weighted by Gasteiger charge is 2.16. The van der Waals surface area contributed by atoms with E-state index in [1.807, 2.05) is 7.05 Å². The second-order valence-electron chi connectivity index (χ2n) is 5.42. The van der Waals surface area contributed by atoms with E-state index in [2.05, 4.69) is 43.0 Å². The van der Waals surface area contributed by atoms with Crippen LogP contribution in [0.3, 0.4) is 0 Å². The van der Waals surface area contributed by atoms with Crippen LogP contribution in [0.25, 0.3) is 10.2 Å². The molecule has 1 atom stereocenters. The maximum absolute atomic E-state index is 5.20. The van der Waals surface area contributed by atoms with E-state index in [1.54, 1.807) is 18.4 Å². The van der Waals surface area contributed by atoms with Crippen LogP contribution in [0.2, 0.25) is 0 Å². The summed E-state index contributed by atoms with van der Waals surface area (Å²) < 4.78 is 5.20. The molecule has 0 aromatic carbocycles. The Labute approximate surface area is 130 Å². The molecule has 2 aromatic rings. The van der Waals surface area contributed by atoms with Crippen molar-refractivity contribution in [2.45, 2.75) is 33.4 Å². The fourth-order valence-corrected chi connectivity index (χ4v) is 3.34. The molecule has 0 saturated carbocycles. The third kappa shape index (κ3) is 3.33. The van der Waals surface area contributed by atoms with Crippen molar-refractivity contribution < 1.29 is 4.74 Å². The summed E-state index contributed by atoms with van der Waals surface area (Å²) in [6.07, 6.45) is 0. The summed E-state index contributed by atoms with van der Waals surface area (Å²) in [5, 5.41) is 4.35. The zero-order valence-corrected chi connectivity index (χ0v) is 14.5. The lowest BCUT2D eigenvalue weighted by Crippen LogP contribution is -2.32. The van der Waals surface area contributed by atoms with Gasteiger partial charge in [-0.1, -0.05) is 0 Å². The number of anilines is 1. The summed E-state index contributed by atoms with van der Waals surface area (Å²) >= 11 is 1.73. The number of aryl methyl sites for hydroxylation is 2. The number of hydrogen-bond acceptors (Lipinski definition) is 6. The molecule has 0 spiro atoms. The SMILES string of the molecule is CNc1nc(CN(C)C(C)COC)nc2sc(C)c(C)c12. The van der Waals surface area contributed by atoms with Gasteiger partial charge >= 0.3 is 0 Å². The maximum atomic E-state index is 5.20. The number of thiophene rings is 1. The van der Waals surface area contributed by atoms with Crippen molar-refractivity contribution >= 4 is 27.4 Å². The number of nitrogens with one attached hydrogen (secondary N) is 1. The predicted octanol–water partition coefficient (Wildman–Crippen LogP) is 2.82. The molecule has 0 aliphatic rings. The molecule has 5 nitrogen and oxygen atoms in total. The van der Waals surface area contributed by atoms with Gasteiger partial charge in [-0.2, -0.15) is 0 Å². The normalized spacial score (nSPS) is 13.1. The van der Waals surface area contributed by atoms with Gasteiger partial charge in [-0.15, -0.1) is 11.3 Å². The summed E-state index contributed by atoms with van der Waals surface area (Å²) in [4.78, 5) is 14.0. The highest BCUT2D eigenvalue weighted by molar-refractivity contribution is 7.18. The second kappa shape index (κ2) is 6.68. The van der Waals surface area contributed by atoms with Crippen LogP contribution in [0.15, 0.2) is 0 Å². The summed E-state index contributed by atoms with van der Waals surface area (Å²) in [6, 6.07) is 0.333. The first-order chi connectivity index (χ1) is 9.97. The number of methoxy groups -OCH3 is 1. The molecule has 0 saturated heterocycles. The van der Waals surface area contributed by atoms with Gasteiger partial charge in [0.2, 0.25) is 0 Å². The van der Waals surface area contributed by atoms with E-state index in [4.69, 9.17) is 9.72 Å². The number of ether oxygens (including phenoxy) is 1. The van der Waals surface area contributed by atoms with Gasteiger partial charge in [0.25, 0.3) is 0 Å². The fourth-order valence-electron chi connectivity index (χ4n) is 2.29. The highest BCUT2D eigenvalue weighted by Crippen LogP contribution is 2.33. The van der Waals surface area contributed by atoms with E-state index in [0.717, 1.165) is 21.9 Å². The topological polar surface area (TPSA) is 50.3 Å². The van der Waals surface area contributed by atoms with E-state index in [-0.39, 0.29) is 0 Å². The quantitative estimate of drug-likeness (QED) is 0.889. The average molecular weight is 308 g/mol. The largest absolute Gasteiger partial charge is 0.383 e. The number of aromatic nitrogens is 2. The summed E-state index contributed by atoms with van der Waals surface area (Å²) in [5.74, 6) is 1.77. The molecule has 2 aromatic heterocycles. The van der Waals surface area contributed by atoms with Crippen LogP contribution in [0.4, 0.5) is 5.82 Å². The number of hydrogen-bond donors (Lipinski definition) is 1. The van der Waals surface area contributed by atoms with Gasteiger partial charge < -0.3 is 10.1 Å². The third-order valence-corrected chi connectivity index (χ3v) is 4.96. The minimum atomic E-state index is 0.333. The van der Waals surface area contributed by atoms with Gasteiger partial charge in [0.1, 0.15) is 16.5 Å². The molecule has 6 heteroatoms. The molecule has 21 heavy (non-hydrogen) atoms. The Hall–Kier alpha value is -1.24. The second-order valence-corrected chi connectivity index (χ2v) is 6.62. The molecule has 2 heterocycles. The Morgan fingerprint density at radius 3 is 2.67 bits per heavy atom. The monoisotopic (exact) mass is 308 g/mol. The van der Waals surface area contributed by atoms with E-state index in [9.17, 15) is 0 Å². The number of nitrogens with zero attached hydrogens (tertiary/aromatic N) is 3. The van der Waals surface area contributed by atoms with Crippen LogP contribution < -0.4 is 5.32 Å².